The number of benzene rings is 2. The molecule has 0 spiro atoms. The van der Waals surface area contributed by atoms with Gasteiger partial charge in [-0.3, -0.25) is 10.2 Å². The number of thioether (sulfide) groups is 1. The molecule has 37 heavy (non-hydrogen) atoms. The quantitative estimate of drug-likeness (QED) is 0.359. The normalized spacial score (nSPS) is 16.7. The van der Waals surface area contributed by atoms with Crippen LogP contribution >= 0.6 is 11.8 Å². The van der Waals surface area contributed by atoms with Crippen LogP contribution in [0.5, 0.6) is 11.5 Å². The van der Waals surface area contributed by atoms with Crippen LogP contribution in [0, 0.1) is 5.41 Å². The Bertz CT molecular complexity index is 1600. The first-order valence-corrected chi connectivity index (χ1v) is 14.0. The van der Waals surface area contributed by atoms with Crippen LogP contribution in [0.4, 0.5) is 0 Å². The molecule has 0 radical (unpaired) electrons. The molecule has 1 aromatic heterocycles. The van der Waals surface area contributed by atoms with Crippen molar-refractivity contribution in [2.45, 2.75) is 13.0 Å². The molecule has 2 aliphatic heterocycles. The fourth-order valence-electron chi connectivity index (χ4n) is 3.95. The van der Waals surface area contributed by atoms with Crippen molar-refractivity contribution >= 4 is 59.9 Å². The average molecular weight is 538 g/mol. The summed E-state index contributed by atoms with van der Waals surface area (Å²) in [7, 11) is -1.97. The topological polar surface area (TPSA) is 126 Å². The number of rotatable bonds is 7. The summed E-state index contributed by atoms with van der Waals surface area (Å²) in [4.78, 5) is 16.7. The number of ether oxygens (including phenoxy) is 2. The van der Waals surface area contributed by atoms with Crippen LogP contribution < -0.4 is 9.47 Å². The largest absolute Gasteiger partial charge is 0.497 e. The summed E-state index contributed by atoms with van der Waals surface area (Å²) in [6.45, 7) is 1.20. The number of fused-ring (bicyclic) bond motifs is 2. The highest BCUT2D eigenvalue weighted by molar-refractivity contribution is 8.42. The molecule has 0 saturated carbocycles. The minimum atomic E-state index is -3.59. The van der Waals surface area contributed by atoms with E-state index in [2.05, 4.69) is 14.7 Å². The van der Waals surface area contributed by atoms with E-state index in [-0.39, 0.29) is 21.0 Å². The standard InChI is InChI=1S/C25H23N5O5S2/c1-34-17-8-10-18(11-9-17)35-13-5-12-29-15-16(19-6-3-4-7-21(19)29)14-20-22(26)30-24(27-23(20)31)36-25(28-30)37(2,32)33/h3-4,6-11,14-15,26H,5,12-13H2,1-2H3/b20-14-,26-22?. The van der Waals surface area contributed by atoms with Gasteiger partial charge < -0.3 is 14.0 Å². The number of hydrogen-bond donors (Lipinski definition) is 1. The van der Waals surface area contributed by atoms with Crippen LogP contribution in [0.3, 0.4) is 0 Å². The number of para-hydroxylation sites is 1. The van der Waals surface area contributed by atoms with E-state index in [0.29, 0.717) is 13.2 Å². The molecule has 2 aromatic carbocycles. The smallest absolute Gasteiger partial charge is 0.283 e. The zero-order chi connectivity index (χ0) is 26.2. The van der Waals surface area contributed by atoms with E-state index in [1.54, 1.807) is 13.2 Å². The van der Waals surface area contributed by atoms with Crippen molar-refractivity contribution in [2.75, 3.05) is 20.0 Å². The lowest BCUT2D eigenvalue weighted by Crippen LogP contribution is -2.35. The van der Waals surface area contributed by atoms with Gasteiger partial charge in [0.05, 0.1) is 19.3 Å². The molecule has 0 fully saturated rings. The molecule has 0 aliphatic carbocycles. The van der Waals surface area contributed by atoms with E-state index in [1.165, 1.54) is 0 Å². The van der Waals surface area contributed by atoms with Gasteiger partial charge in [-0.2, -0.15) is 10.0 Å². The van der Waals surface area contributed by atoms with Crippen molar-refractivity contribution < 1.29 is 22.7 Å². The Kier molecular flexibility index (Phi) is 6.61. The molecule has 0 unspecified atom stereocenters. The molecule has 12 heteroatoms. The van der Waals surface area contributed by atoms with Gasteiger partial charge in [0.15, 0.2) is 5.84 Å². The molecule has 1 amide bonds. The van der Waals surface area contributed by atoms with Crippen LogP contribution in [0.25, 0.3) is 17.0 Å². The average Bonchev–Trinajstić information content (AvgIpc) is 3.47. The molecule has 0 atom stereocenters. The van der Waals surface area contributed by atoms with Crippen LogP contribution in [0.15, 0.2) is 70.4 Å². The van der Waals surface area contributed by atoms with E-state index in [4.69, 9.17) is 14.9 Å². The maximum absolute atomic E-state index is 12.8. The number of aliphatic imine (C=N–C) groups is 1. The number of nitrogens with zero attached hydrogens (tertiary/aromatic N) is 4. The molecule has 1 N–H and O–H groups in total. The van der Waals surface area contributed by atoms with Crippen molar-refractivity contribution in [3.05, 3.63) is 65.9 Å². The fourth-order valence-corrected chi connectivity index (χ4v) is 5.64. The van der Waals surface area contributed by atoms with Crippen molar-refractivity contribution in [3.8, 4) is 11.5 Å². The summed E-state index contributed by atoms with van der Waals surface area (Å²) in [5.41, 5.74) is 1.76. The third-order valence-corrected chi connectivity index (χ3v) is 8.32. The summed E-state index contributed by atoms with van der Waals surface area (Å²) >= 11 is 0.762. The number of sulfone groups is 1. The highest BCUT2D eigenvalue weighted by atomic mass is 32.3. The van der Waals surface area contributed by atoms with Crippen molar-refractivity contribution in [1.29, 1.82) is 5.41 Å². The zero-order valence-electron chi connectivity index (χ0n) is 20.0. The Balaban J connectivity index is 1.36. The first kappa shape index (κ1) is 24.8. The number of aromatic nitrogens is 1. The van der Waals surface area contributed by atoms with Gasteiger partial charge >= 0.3 is 0 Å². The molecule has 5 rings (SSSR count). The number of amides is 1. The highest BCUT2D eigenvalue weighted by Crippen LogP contribution is 2.31. The summed E-state index contributed by atoms with van der Waals surface area (Å²) in [5, 5.41) is 14.6. The molecule has 190 valence electrons. The third-order valence-electron chi connectivity index (χ3n) is 5.74. The van der Waals surface area contributed by atoms with Gasteiger partial charge in [-0.25, -0.2) is 8.42 Å². The van der Waals surface area contributed by atoms with Gasteiger partial charge in [0.25, 0.3) is 5.91 Å². The second-order valence-corrected chi connectivity index (χ2v) is 11.5. The summed E-state index contributed by atoms with van der Waals surface area (Å²) in [6, 6.07) is 15.2. The van der Waals surface area contributed by atoms with Gasteiger partial charge in [-0.1, -0.05) is 18.2 Å². The fraction of sp³-hybridized carbons (Fsp3) is 0.200. The lowest BCUT2D eigenvalue weighted by molar-refractivity contribution is -0.114. The zero-order valence-corrected chi connectivity index (χ0v) is 21.7. The predicted molar refractivity (Wildman–Crippen MR) is 145 cm³/mol. The van der Waals surface area contributed by atoms with E-state index in [0.717, 1.165) is 57.4 Å². The van der Waals surface area contributed by atoms with E-state index in [1.807, 2.05) is 54.7 Å². The van der Waals surface area contributed by atoms with Gasteiger partial charge in [-0.05, 0) is 54.6 Å². The van der Waals surface area contributed by atoms with E-state index in [9.17, 15) is 13.2 Å². The van der Waals surface area contributed by atoms with Crippen molar-refractivity contribution in [3.63, 3.8) is 0 Å². The number of amidine groups is 2. The van der Waals surface area contributed by atoms with Gasteiger partial charge in [0, 0.05) is 35.5 Å². The van der Waals surface area contributed by atoms with Crippen LogP contribution in [0.2, 0.25) is 0 Å². The Morgan fingerprint density at radius 2 is 1.84 bits per heavy atom. The van der Waals surface area contributed by atoms with E-state index < -0.39 is 15.7 Å². The monoisotopic (exact) mass is 537 g/mol. The lowest BCUT2D eigenvalue weighted by Gasteiger charge is -2.19. The molecule has 0 saturated heterocycles. The highest BCUT2D eigenvalue weighted by Gasteiger charge is 2.38. The van der Waals surface area contributed by atoms with Crippen LogP contribution in [0.1, 0.15) is 12.0 Å². The van der Waals surface area contributed by atoms with Crippen LogP contribution in [-0.4, -0.2) is 59.3 Å². The SMILES string of the molecule is COc1ccc(OCCCn2cc(/C=C3/C(=N)N4N=C(S(C)(=O)=O)SC4=NC3=O)c3ccccc32)cc1. The molecule has 3 heterocycles. The third kappa shape index (κ3) is 5.02. The summed E-state index contributed by atoms with van der Waals surface area (Å²) < 4.78 is 36.6. The van der Waals surface area contributed by atoms with E-state index >= 15 is 0 Å². The number of hydrazone groups is 1. The first-order chi connectivity index (χ1) is 17.7. The predicted octanol–water partition coefficient (Wildman–Crippen LogP) is 3.74. The molecular formula is C25H23N5O5S2. The number of hydrogen-bond acceptors (Lipinski definition) is 8. The number of nitrogens with one attached hydrogen (secondary N) is 1. The summed E-state index contributed by atoms with van der Waals surface area (Å²) in [5.74, 6) is 0.703. The van der Waals surface area contributed by atoms with Crippen molar-refractivity contribution in [1.82, 2.24) is 9.58 Å². The van der Waals surface area contributed by atoms with Gasteiger partial charge in [0.2, 0.25) is 19.4 Å². The molecule has 2 aliphatic rings. The maximum atomic E-state index is 12.8. The first-order valence-electron chi connectivity index (χ1n) is 11.3. The second kappa shape index (κ2) is 9.87. The Morgan fingerprint density at radius 1 is 1.11 bits per heavy atom. The van der Waals surface area contributed by atoms with Crippen LogP contribution in [-0.2, 0) is 21.2 Å². The van der Waals surface area contributed by atoms with Crippen molar-refractivity contribution in [2.24, 2.45) is 10.1 Å². The number of carbonyl (C=O) groups is 1. The molecular weight excluding hydrogens is 514 g/mol. The Labute approximate surface area is 217 Å². The Hall–Kier alpha value is -3.90. The lowest BCUT2D eigenvalue weighted by atomic mass is 10.1. The number of methoxy groups -OCH3 is 1. The number of carbonyl (C=O) groups excluding carboxylic acids is 1. The minimum absolute atomic E-state index is 0.0357. The number of aryl methyl sites for hydroxylation is 1. The maximum Gasteiger partial charge on any atom is 0.283 e. The second-order valence-electron chi connectivity index (χ2n) is 8.33. The Morgan fingerprint density at radius 3 is 2.57 bits per heavy atom. The minimum Gasteiger partial charge on any atom is -0.497 e. The molecule has 3 aromatic rings. The summed E-state index contributed by atoms with van der Waals surface area (Å²) in [6.07, 6.45) is 5.30. The van der Waals surface area contributed by atoms with Gasteiger partial charge in [-0.15, -0.1) is 5.10 Å². The van der Waals surface area contributed by atoms with Gasteiger partial charge in [0.1, 0.15) is 11.5 Å². The molecule has 0 bridgehead atoms. The molecule has 10 nitrogen and oxygen atoms in total.